The molecule has 0 radical (unpaired) electrons. The fourth-order valence-corrected chi connectivity index (χ4v) is 2.55. The van der Waals surface area contributed by atoms with Gasteiger partial charge in [-0.1, -0.05) is 42.5 Å². The lowest BCUT2D eigenvalue weighted by Crippen LogP contribution is -2.14. The van der Waals surface area contributed by atoms with Crippen molar-refractivity contribution >= 4 is 17.7 Å². The molecule has 0 aliphatic carbocycles. The van der Waals surface area contributed by atoms with Gasteiger partial charge < -0.3 is 14.8 Å². The zero-order valence-electron chi connectivity index (χ0n) is 15.3. The SMILES string of the molecule is COc1ccccc1NC(=O)/C(C#N)=C/c1cccc(Oc2ccccc2)c1. The lowest BCUT2D eigenvalue weighted by molar-refractivity contribution is -0.112. The summed E-state index contributed by atoms with van der Waals surface area (Å²) in [4.78, 5) is 12.5. The number of nitriles is 1. The second kappa shape index (κ2) is 9.06. The third-order valence-electron chi connectivity index (χ3n) is 3.87. The average Bonchev–Trinajstić information content (AvgIpc) is 2.73. The molecule has 3 aromatic carbocycles. The maximum atomic E-state index is 12.5. The van der Waals surface area contributed by atoms with E-state index in [0.29, 0.717) is 28.5 Å². The Kier molecular flexibility index (Phi) is 6.06. The molecule has 0 saturated heterocycles. The van der Waals surface area contributed by atoms with Crippen molar-refractivity contribution < 1.29 is 14.3 Å². The topological polar surface area (TPSA) is 71.3 Å². The smallest absolute Gasteiger partial charge is 0.266 e. The minimum atomic E-state index is -0.513. The summed E-state index contributed by atoms with van der Waals surface area (Å²) in [6, 6.07) is 25.5. The van der Waals surface area contributed by atoms with Crippen LogP contribution in [0.25, 0.3) is 6.08 Å². The number of anilines is 1. The first-order valence-corrected chi connectivity index (χ1v) is 8.59. The summed E-state index contributed by atoms with van der Waals surface area (Å²) in [6.07, 6.45) is 1.52. The van der Waals surface area contributed by atoms with Crippen molar-refractivity contribution in [2.75, 3.05) is 12.4 Å². The number of nitrogens with one attached hydrogen (secondary N) is 1. The molecule has 138 valence electrons. The van der Waals surface area contributed by atoms with Crippen molar-refractivity contribution in [1.82, 2.24) is 0 Å². The maximum absolute atomic E-state index is 12.5. The van der Waals surface area contributed by atoms with Gasteiger partial charge >= 0.3 is 0 Å². The Morgan fingerprint density at radius 3 is 2.43 bits per heavy atom. The molecule has 0 aromatic heterocycles. The van der Waals surface area contributed by atoms with Gasteiger partial charge in [0.2, 0.25) is 0 Å². The third kappa shape index (κ3) is 4.77. The molecule has 1 N–H and O–H groups in total. The third-order valence-corrected chi connectivity index (χ3v) is 3.87. The molecule has 0 saturated carbocycles. The molecule has 3 rings (SSSR count). The minimum Gasteiger partial charge on any atom is -0.495 e. The molecule has 0 fully saturated rings. The molecule has 5 nitrogen and oxygen atoms in total. The van der Waals surface area contributed by atoms with E-state index in [2.05, 4.69) is 5.32 Å². The molecule has 0 heterocycles. The van der Waals surface area contributed by atoms with Gasteiger partial charge in [-0.15, -0.1) is 0 Å². The van der Waals surface area contributed by atoms with Crippen molar-refractivity contribution in [3.05, 3.63) is 90.0 Å². The first-order chi connectivity index (χ1) is 13.7. The lowest BCUT2D eigenvalue weighted by Gasteiger charge is -2.09. The number of hydrogen-bond acceptors (Lipinski definition) is 4. The van der Waals surface area contributed by atoms with E-state index in [1.807, 2.05) is 42.5 Å². The molecule has 28 heavy (non-hydrogen) atoms. The molecule has 5 heteroatoms. The van der Waals surface area contributed by atoms with Gasteiger partial charge in [-0.2, -0.15) is 5.26 Å². The van der Waals surface area contributed by atoms with E-state index in [4.69, 9.17) is 9.47 Å². The molecular weight excluding hydrogens is 352 g/mol. The maximum Gasteiger partial charge on any atom is 0.266 e. The monoisotopic (exact) mass is 370 g/mol. The quantitative estimate of drug-likeness (QED) is 0.488. The molecular formula is C23H18N2O3. The van der Waals surface area contributed by atoms with E-state index in [9.17, 15) is 10.1 Å². The number of hydrogen-bond donors (Lipinski definition) is 1. The van der Waals surface area contributed by atoms with Crippen LogP contribution >= 0.6 is 0 Å². The molecule has 0 unspecified atom stereocenters. The Balaban J connectivity index is 1.79. The van der Waals surface area contributed by atoms with Gasteiger partial charge in [0.05, 0.1) is 12.8 Å². The predicted molar refractivity (Wildman–Crippen MR) is 108 cm³/mol. The van der Waals surface area contributed by atoms with Crippen LogP contribution in [-0.2, 0) is 4.79 Å². The number of amides is 1. The lowest BCUT2D eigenvalue weighted by atomic mass is 10.1. The van der Waals surface area contributed by atoms with Gasteiger partial charge in [-0.3, -0.25) is 4.79 Å². The summed E-state index contributed by atoms with van der Waals surface area (Å²) in [5, 5.41) is 12.1. The van der Waals surface area contributed by atoms with E-state index >= 15 is 0 Å². The Hall–Kier alpha value is -4.04. The van der Waals surface area contributed by atoms with E-state index in [1.54, 1.807) is 42.5 Å². The first-order valence-electron chi connectivity index (χ1n) is 8.59. The summed E-state index contributed by atoms with van der Waals surface area (Å²) in [6.45, 7) is 0. The Bertz CT molecular complexity index is 1040. The molecule has 0 spiro atoms. The normalized spacial score (nSPS) is 10.6. The second-order valence-electron chi connectivity index (χ2n) is 5.81. The molecule has 3 aromatic rings. The largest absolute Gasteiger partial charge is 0.495 e. The summed E-state index contributed by atoms with van der Waals surface area (Å²) in [5.74, 6) is 1.33. The Morgan fingerprint density at radius 2 is 1.68 bits per heavy atom. The van der Waals surface area contributed by atoms with Crippen LogP contribution < -0.4 is 14.8 Å². The number of para-hydroxylation sites is 3. The van der Waals surface area contributed by atoms with Crippen molar-refractivity contribution in [3.63, 3.8) is 0 Å². The molecule has 0 aliphatic rings. The van der Waals surface area contributed by atoms with Gasteiger partial charge in [0.25, 0.3) is 5.91 Å². The number of ether oxygens (including phenoxy) is 2. The number of carbonyl (C=O) groups excluding carboxylic acids is 1. The van der Waals surface area contributed by atoms with E-state index in [-0.39, 0.29) is 5.57 Å². The van der Waals surface area contributed by atoms with Crippen molar-refractivity contribution in [2.24, 2.45) is 0 Å². The van der Waals surface area contributed by atoms with E-state index in [0.717, 1.165) is 0 Å². The average molecular weight is 370 g/mol. The van der Waals surface area contributed by atoms with Crippen molar-refractivity contribution in [3.8, 4) is 23.3 Å². The Labute approximate surface area is 163 Å². The van der Waals surface area contributed by atoms with Crippen LogP contribution in [0.4, 0.5) is 5.69 Å². The standard InChI is InChI=1S/C23H18N2O3/c1-27-22-13-6-5-12-21(22)25-23(26)18(16-24)14-17-8-7-11-20(15-17)28-19-9-3-2-4-10-19/h2-15H,1H3,(H,25,26)/b18-14+. The van der Waals surface area contributed by atoms with Crippen LogP contribution in [0.2, 0.25) is 0 Å². The summed E-state index contributed by atoms with van der Waals surface area (Å²) in [5.41, 5.74) is 1.15. The predicted octanol–water partition coefficient (Wildman–Crippen LogP) is 5.03. The van der Waals surface area contributed by atoms with Crippen LogP contribution in [0.15, 0.2) is 84.4 Å². The fourth-order valence-electron chi connectivity index (χ4n) is 2.55. The first kappa shape index (κ1) is 18.7. The number of carbonyl (C=O) groups is 1. The highest BCUT2D eigenvalue weighted by Gasteiger charge is 2.12. The number of benzene rings is 3. The van der Waals surface area contributed by atoms with Crippen LogP contribution in [0.5, 0.6) is 17.2 Å². The van der Waals surface area contributed by atoms with E-state index in [1.165, 1.54) is 13.2 Å². The number of methoxy groups -OCH3 is 1. The van der Waals surface area contributed by atoms with Gasteiger partial charge in [0, 0.05) is 0 Å². The van der Waals surface area contributed by atoms with Crippen LogP contribution in [-0.4, -0.2) is 13.0 Å². The van der Waals surface area contributed by atoms with Gasteiger partial charge in [0.15, 0.2) is 0 Å². The van der Waals surface area contributed by atoms with Gasteiger partial charge in [-0.25, -0.2) is 0 Å². The zero-order valence-corrected chi connectivity index (χ0v) is 15.3. The molecule has 0 atom stereocenters. The fraction of sp³-hybridized carbons (Fsp3) is 0.0435. The van der Waals surface area contributed by atoms with Crippen molar-refractivity contribution in [1.29, 1.82) is 5.26 Å². The van der Waals surface area contributed by atoms with Gasteiger partial charge in [-0.05, 0) is 48.0 Å². The Morgan fingerprint density at radius 1 is 0.964 bits per heavy atom. The van der Waals surface area contributed by atoms with Crippen LogP contribution in [0.3, 0.4) is 0 Å². The highest BCUT2D eigenvalue weighted by molar-refractivity contribution is 6.10. The number of nitrogens with zero attached hydrogens (tertiary/aromatic N) is 1. The minimum absolute atomic E-state index is 0.0252. The van der Waals surface area contributed by atoms with Crippen LogP contribution in [0, 0.1) is 11.3 Å². The van der Waals surface area contributed by atoms with Crippen LogP contribution in [0.1, 0.15) is 5.56 Å². The molecule has 0 bridgehead atoms. The summed E-state index contributed by atoms with van der Waals surface area (Å²) in [7, 11) is 1.52. The zero-order chi connectivity index (χ0) is 19.8. The number of rotatable bonds is 6. The second-order valence-corrected chi connectivity index (χ2v) is 5.81. The highest BCUT2D eigenvalue weighted by atomic mass is 16.5. The van der Waals surface area contributed by atoms with Crippen molar-refractivity contribution in [2.45, 2.75) is 0 Å². The van der Waals surface area contributed by atoms with Gasteiger partial charge in [0.1, 0.15) is 28.9 Å². The molecule has 0 aliphatic heterocycles. The summed E-state index contributed by atoms with van der Waals surface area (Å²) >= 11 is 0. The van der Waals surface area contributed by atoms with E-state index < -0.39 is 5.91 Å². The highest BCUT2D eigenvalue weighted by Crippen LogP contribution is 2.25. The summed E-state index contributed by atoms with van der Waals surface area (Å²) < 4.78 is 11.0. The molecule has 1 amide bonds.